The molecule has 6 N–H and O–H groups in total. The number of hydrogen-bond acceptors (Lipinski definition) is 4. The van der Waals surface area contributed by atoms with Gasteiger partial charge >= 0.3 is 0 Å². The van der Waals surface area contributed by atoms with Gasteiger partial charge in [-0.25, -0.2) is 0 Å². The summed E-state index contributed by atoms with van der Waals surface area (Å²) in [6.45, 7) is -0.215. The van der Waals surface area contributed by atoms with Crippen molar-refractivity contribution in [3.05, 3.63) is 35.9 Å². The highest BCUT2D eigenvalue weighted by Crippen LogP contribution is 2.04. The highest BCUT2D eigenvalue weighted by Gasteiger charge is 2.16. The van der Waals surface area contributed by atoms with E-state index in [0.717, 1.165) is 5.56 Å². The number of aliphatic hydroxyl groups excluding tert-OH is 1. The Labute approximate surface area is 111 Å². The molecule has 6 nitrogen and oxygen atoms in total. The Hall–Kier alpha value is -1.92. The maximum Gasteiger partial charge on any atom is 0.248 e. The number of amides is 2. The Morgan fingerprint density at radius 2 is 1.89 bits per heavy atom. The van der Waals surface area contributed by atoms with Crippen LogP contribution in [-0.2, 0) is 16.0 Å². The van der Waals surface area contributed by atoms with E-state index in [2.05, 4.69) is 5.32 Å². The Morgan fingerprint density at radius 1 is 1.26 bits per heavy atom. The Morgan fingerprint density at radius 3 is 2.47 bits per heavy atom. The summed E-state index contributed by atoms with van der Waals surface area (Å²) in [4.78, 5) is 22.2. The van der Waals surface area contributed by atoms with E-state index >= 15 is 0 Å². The SMILES string of the molecule is NC(=O)C(O)CNC(=O)C(N)CCc1ccccc1. The Balaban J connectivity index is 2.31. The lowest BCUT2D eigenvalue weighted by Crippen LogP contribution is -2.46. The van der Waals surface area contributed by atoms with E-state index in [1.807, 2.05) is 30.3 Å². The van der Waals surface area contributed by atoms with E-state index in [-0.39, 0.29) is 6.54 Å². The van der Waals surface area contributed by atoms with Crippen LogP contribution in [0.5, 0.6) is 0 Å². The summed E-state index contributed by atoms with van der Waals surface area (Å²) in [6.07, 6.45) is -0.207. The summed E-state index contributed by atoms with van der Waals surface area (Å²) in [5.74, 6) is -1.28. The van der Waals surface area contributed by atoms with E-state index < -0.39 is 24.0 Å². The Kier molecular flexibility index (Phi) is 5.98. The van der Waals surface area contributed by atoms with Crippen molar-refractivity contribution < 1.29 is 14.7 Å². The second-order valence-corrected chi connectivity index (χ2v) is 4.29. The fourth-order valence-electron chi connectivity index (χ4n) is 1.53. The first-order valence-corrected chi connectivity index (χ1v) is 6.05. The minimum absolute atomic E-state index is 0.215. The van der Waals surface area contributed by atoms with Crippen molar-refractivity contribution in [3.8, 4) is 0 Å². The van der Waals surface area contributed by atoms with E-state index in [9.17, 15) is 9.59 Å². The van der Waals surface area contributed by atoms with Gasteiger partial charge in [-0.2, -0.15) is 0 Å². The number of rotatable bonds is 7. The molecule has 0 radical (unpaired) electrons. The lowest BCUT2D eigenvalue weighted by molar-refractivity contribution is -0.127. The topological polar surface area (TPSA) is 118 Å². The number of hydrogen-bond donors (Lipinski definition) is 4. The van der Waals surface area contributed by atoms with Crippen molar-refractivity contribution in [1.82, 2.24) is 5.32 Å². The molecule has 2 unspecified atom stereocenters. The third-order valence-corrected chi connectivity index (χ3v) is 2.72. The summed E-state index contributed by atoms with van der Waals surface area (Å²) in [6, 6.07) is 9.00. The molecule has 0 fully saturated rings. The molecule has 1 aromatic carbocycles. The van der Waals surface area contributed by atoms with Gasteiger partial charge in [0.1, 0.15) is 6.10 Å². The highest BCUT2D eigenvalue weighted by atomic mass is 16.3. The predicted octanol–water partition coefficient (Wildman–Crippen LogP) is -1.09. The number of nitrogens with one attached hydrogen (secondary N) is 1. The molecular weight excluding hydrogens is 246 g/mol. The largest absolute Gasteiger partial charge is 0.381 e. The van der Waals surface area contributed by atoms with Crippen molar-refractivity contribution in [2.24, 2.45) is 11.5 Å². The second-order valence-electron chi connectivity index (χ2n) is 4.29. The van der Waals surface area contributed by atoms with Crippen LogP contribution in [0, 0.1) is 0 Å². The lowest BCUT2D eigenvalue weighted by Gasteiger charge is -2.13. The molecular formula is C13H19N3O3. The van der Waals surface area contributed by atoms with Crippen LogP contribution in [0.4, 0.5) is 0 Å². The van der Waals surface area contributed by atoms with Gasteiger partial charge in [-0.3, -0.25) is 9.59 Å². The first-order valence-electron chi connectivity index (χ1n) is 6.05. The first-order chi connectivity index (χ1) is 9.00. The van der Waals surface area contributed by atoms with Crippen LogP contribution in [0.3, 0.4) is 0 Å². The maximum absolute atomic E-state index is 11.6. The molecule has 1 rings (SSSR count). The molecule has 0 spiro atoms. The molecule has 0 aliphatic carbocycles. The van der Waals surface area contributed by atoms with E-state index in [0.29, 0.717) is 12.8 Å². The molecule has 0 aliphatic heterocycles. The van der Waals surface area contributed by atoms with Gasteiger partial charge in [-0.1, -0.05) is 30.3 Å². The standard InChI is InChI=1S/C13H19N3O3/c14-10(7-6-9-4-2-1-3-5-9)13(19)16-8-11(17)12(15)18/h1-5,10-11,17H,6-8,14H2,(H2,15,18)(H,16,19). The van der Waals surface area contributed by atoms with Crippen molar-refractivity contribution in [2.75, 3.05) is 6.54 Å². The molecule has 0 saturated heterocycles. The zero-order valence-electron chi connectivity index (χ0n) is 10.6. The summed E-state index contributed by atoms with van der Waals surface area (Å²) in [5, 5.41) is 11.5. The van der Waals surface area contributed by atoms with E-state index in [4.69, 9.17) is 16.6 Å². The zero-order chi connectivity index (χ0) is 14.3. The van der Waals surface area contributed by atoms with Crippen LogP contribution in [0.1, 0.15) is 12.0 Å². The summed E-state index contributed by atoms with van der Waals surface area (Å²) in [7, 11) is 0. The maximum atomic E-state index is 11.6. The molecule has 6 heteroatoms. The highest BCUT2D eigenvalue weighted by molar-refractivity contribution is 5.83. The minimum Gasteiger partial charge on any atom is -0.381 e. The first kappa shape index (κ1) is 15.1. The van der Waals surface area contributed by atoms with Gasteiger partial charge in [-0.15, -0.1) is 0 Å². The van der Waals surface area contributed by atoms with Gasteiger partial charge in [0.25, 0.3) is 0 Å². The quantitative estimate of drug-likeness (QED) is 0.501. The average Bonchev–Trinajstić information content (AvgIpc) is 2.42. The van der Waals surface area contributed by atoms with Crippen LogP contribution in [-0.4, -0.2) is 35.6 Å². The molecule has 2 atom stereocenters. The van der Waals surface area contributed by atoms with Crippen LogP contribution in [0.15, 0.2) is 30.3 Å². The summed E-state index contributed by atoms with van der Waals surface area (Å²) in [5.41, 5.74) is 11.7. The van der Waals surface area contributed by atoms with Crippen molar-refractivity contribution in [3.63, 3.8) is 0 Å². The fourth-order valence-corrected chi connectivity index (χ4v) is 1.53. The number of aryl methyl sites for hydroxylation is 1. The van der Waals surface area contributed by atoms with E-state index in [1.165, 1.54) is 0 Å². The normalized spacial score (nSPS) is 13.6. The minimum atomic E-state index is -1.38. The number of carbonyl (C=O) groups excluding carboxylic acids is 2. The number of benzene rings is 1. The number of nitrogens with two attached hydrogens (primary N) is 2. The van der Waals surface area contributed by atoms with Crippen LogP contribution >= 0.6 is 0 Å². The predicted molar refractivity (Wildman–Crippen MR) is 70.9 cm³/mol. The molecule has 0 saturated carbocycles. The van der Waals surface area contributed by atoms with Gasteiger partial charge in [0.15, 0.2) is 0 Å². The molecule has 0 aliphatic rings. The van der Waals surface area contributed by atoms with Gasteiger partial charge < -0.3 is 21.9 Å². The fraction of sp³-hybridized carbons (Fsp3) is 0.385. The zero-order valence-corrected chi connectivity index (χ0v) is 10.6. The molecule has 0 aromatic heterocycles. The van der Waals surface area contributed by atoms with Gasteiger partial charge in [0.05, 0.1) is 12.6 Å². The van der Waals surface area contributed by atoms with Crippen LogP contribution < -0.4 is 16.8 Å². The molecule has 0 heterocycles. The number of carbonyl (C=O) groups is 2. The monoisotopic (exact) mass is 265 g/mol. The molecule has 19 heavy (non-hydrogen) atoms. The Bertz CT molecular complexity index is 422. The number of aliphatic hydroxyl groups is 1. The second kappa shape index (κ2) is 7.50. The molecule has 1 aromatic rings. The lowest BCUT2D eigenvalue weighted by atomic mass is 10.1. The number of primary amides is 1. The third-order valence-electron chi connectivity index (χ3n) is 2.72. The van der Waals surface area contributed by atoms with E-state index in [1.54, 1.807) is 0 Å². The van der Waals surface area contributed by atoms with Crippen LogP contribution in [0.2, 0.25) is 0 Å². The van der Waals surface area contributed by atoms with Crippen LogP contribution in [0.25, 0.3) is 0 Å². The van der Waals surface area contributed by atoms with Gasteiger partial charge in [-0.05, 0) is 18.4 Å². The summed E-state index contributed by atoms with van der Waals surface area (Å²) >= 11 is 0. The average molecular weight is 265 g/mol. The molecule has 104 valence electrons. The van der Waals surface area contributed by atoms with Gasteiger partial charge in [0, 0.05) is 0 Å². The summed E-state index contributed by atoms with van der Waals surface area (Å²) < 4.78 is 0. The smallest absolute Gasteiger partial charge is 0.248 e. The van der Waals surface area contributed by atoms with Crippen molar-refractivity contribution in [1.29, 1.82) is 0 Å². The van der Waals surface area contributed by atoms with Crippen molar-refractivity contribution >= 4 is 11.8 Å². The molecule has 0 bridgehead atoms. The molecule has 2 amide bonds. The van der Waals surface area contributed by atoms with Gasteiger partial charge in [0.2, 0.25) is 11.8 Å². The third kappa shape index (κ3) is 5.50. The van der Waals surface area contributed by atoms with Crippen molar-refractivity contribution in [2.45, 2.75) is 25.0 Å².